The SMILES string of the molecule is NC(=O)c1ccc(CNc2c(F)cc(F)cc2Cl)c(Cl)c1. The molecule has 110 valence electrons. The second-order valence-electron chi connectivity index (χ2n) is 4.27. The molecule has 0 aromatic heterocycles. The van der Waals surface area contributed by atoms with Gasteiger partial charge in [-0.1, -0.05) is 29.3 Å². The van der Waals surface area contributed by atoms with Gasteiger partial charge >= 0.3 is 0 Å². The molecule has 1 amide bonds. The monoisotopic (exact) mass is 330 g/mol. The quantitative estimate of drug-likeness (QED) is 0.890. The Morgan fingerprint density at radius 1 is 1.14 bits per heavy atom. The van der Waals surface area contributed by atoms with Gasteiger partial charge in [0, 0.05) is 23.2 Å². The van der Waals surface area contributed by atoms with Crippen molar-refractivity contribution >= 4 is 34.8 Å². The summed E-state index contributed by atoms with van der Waals surface area (Å²) in [5.41, 5.74) is 6.00. The van der Waals surface area contributed by atoms with E-state index in [1.807, 2.05) is 0 Å². The summed E-state index contributed by atoms with van der Waals surface area (Å²) in [5, 5.41) is 2.97. The minimum absolute atomic E-state index is 0.0203. The molecule has 21 heavy (non-hydrogen) atoms. The molecule has 0 spiro atoms. The first kappa shape index (κ1) is 15.5. The number of carbonyl (C=O) groups excluding carboxylic acids is 1. The molecule has 2 aromatic rings. The summed E-state index contributed by atoms with van der Waals surface area (Å²) in [5.74, 6) is -2.15. The molecular weight excluding hydrogens is 321 g/mol. The highest BCUT2D eigenvalue weighted by Crippen LogP contribution is 2.27. The van der Waals surface area contributed by atoms with Crippen LogP contribution in [-0.2, 0) is 6.54 Å². The zero-order valence-corrected chi connectivity index (χ0v) is 12.1. The fourth-order valence-electron chi connectivity index (χ4n) is 1.74. The van der Waals surface area contributed by atoms with Crippen LogP contribution in [0.4, 0.5) is 14.5 Å². The summed E-state index contributed by atoms with van der Waals surface area (Å²) in [7, 11) is 0. The lowest BCUT2D eigenvalue weighted by atomic mass is 10.1. The minimum atomic E-state index is -0.801. The van der Waals surface area contributed by atoms with Gasteiger partial charge in [-0.2, -0.15) is 0 Å². The van der Waals surface area contributed by atoms with Gasteiger partial charge in [-0.15, -0.1) is 0 Å². The van der Waals surface area contributed by atoms with Gasteiger partial charge in [-0.3, -0.25) is 4.79 Å². The Balaban J connectivity index is 2.19. The van der Waals surface area contributed by atoms with Crippen molar-refractivity contribution in [2.75, 3.05) is 5.32 Å². The second kappa shape index (κ2) is 6.28. The zero-order chi connectivity index (χ0) is 15.6. The number of amides is 1. The molecule has 3 nitrogen and oxygen atoms in total. The Bertz CT molecular complexity index is 684. The molecule has 2 rings (SSSR count). The molecule has 0 radical (unpaired) electrons. The number of rotatable bonds is 4. The lowest BCUT2D eigenvalue weighted by molar-refractivity contribution is 0.100. The van der Waals surface area contributed by atoms with Crippen molar-refractivity contribution in [3.8, 4) is 0 Å². The number of hydrogen-bond donors (Lipinski definition) is 2. The van der Waals surface area contributed by atoms with Crippen LogP contribution < -0.4 is 11.1 Å². The molecule has 0 saturated heterocycles. The lowest BCUT2D eigenvalue weighted by Gasteiger charge is -2.11. The van der Waals surface area contributed by atoms with E-state index in [1.54, 1.807) is 6.07 Å². The van der Waals surface area contributed by atoms with Gasteiger partial charge in [0.2, 0.25) is 5.91 Å². The van der Waals surface area contributed by atoms with Crippen molar-refractivity contribution in [2.45, 2.75) is 6.54 Å². The third kappa shape index (κ3) is 3.62. The number of primary amides is 1. The molecule has 0 aliphatic carbocycles. The number of carbonyl (C=O) groups is 1. The number of anilines is 1. The van der Waals surface area contributed by atoms with E-state index < -0.39 is 17.5 Å². The molecule has 0 bridgehead atoms. The van der Waals surface area contributed by atoms with Crippen LogP contribution in [0, 0.1) is 11.6 Å². The van der Waals surface area contributed by atoms with Gasteiger partial charge in [0.15, 0.2) is 5.82 Å². The normalized spacial score (nSPS) is 10.5. The van der Waals surface area contributed by atoms with Crippen molar-refractivity contribution in [3.63, 3.8) is 0 Å². The van der Waals surface area contributed by atoms with Crippen molar-refractivity contribution in [1.82, 2.24) is 0 Å². The predicted molar refractivity (Wildman–Crippen MR) is 78.7 cm³/mol. The number of benzene rings is 2. The summed E-state index contributed by atoms with van der Waals surface area (Å²) >= 11 is 11.8. The summed E-state index contributed by atoms with van der Waals surface area (Å²) in [6, 6.07) is 6.25. The van der Waals surface area contributed by atoms with Crippen LogP contribution >= 0.6 is 23.2 Å². The topological polar surface area (TPSA) is 55.1 Å². The maximum absolute atomic E-state index is 13.6. The molecule has 0 atom stereocenters. The van der Waals surface area contributed by atoms with Crippen LogP contribution in [0.2, 0.25) is 10.0 Å². The van der Waals surface area contributed by atoms with Gasteiger partial charge in [-0.05, 0) is 23.8 Å². The van der Waals surface area contributed by atoms with E-state index in [2.05, 4.69) is 5.32 Å². The van der Waals surface area contributed by atoms with E-state index >= 15 is 0 Å². The first-order valence-corrected chi connectivity index (χ1v) is 6.60. The first-order chi connectivity index (χ1) is 9.88. The Kier molecular flexibility index (Phi) is 4.65. The number of nitrogens with one attached hydrogen (secondary N) is 1. The smallest absolute Gasteiger partial charge is 0.248 e. The molecule has 0 fully saturated rings. The van der Waals surface area contributed by atoms with E-state index in [9.17, 15) is 13.6 Å². The van der Waals surface area contributed by atoms with Gasteiger partial charge in [0.1, 0.15) is 5.82 Å². The molecular formula is C14H10Cl2F2N2O. The number of halogens is 4. The first-order valence-electron chi connectivity index (χ1n) is 5.85. The Morgan fingerprint density at radius 3 is 2.43 bits per heavy atom. The average Bonchev–Trinajstić information content (AvgIpc) is 2.38. The van der Waals surface area contributed by atoms with E-state index in [4.69, 9.17) is 28.9 Å². The van der Waals surface area contributed by atoms with E-state index in [0.29, 0.717) is 10.6 Å². The van der Waals surface area contributed by atoms with Crippen molar-refractivity contribution in [2.24, 2.45) is 5.73 Å². The Morgan fingerprint density at radius 2 is 1.86 bits per heavy atom. The van der Waals surface area contributed by atoms with Crippen LogP contribution in [0.25, 0.3) is 0 Å². The second-order valence-corrected chi connectivity index (χ2v) is 5.08. The third-order valence-corrected chi connectivity index (χ3v) is 3.45. The van der Waals surface area contributed by atoms with E-state index in [-0.39, 0.29) is 22.8 Å². The average molecular weight is 331 g/mol. The summed E-state index contributed by atoms with van der Waals surface area (Å²) in [6.07, 6.45) is 0. The summed E-state index contributed by atoms with van der Waals surface area (Å²) in [4.78, 5) is 11.0. The molecule has 0 aliphatic rings. The van der Waals surface area contributed by atoms with Gasteiger partial charge < -0.3 is 11.1 Å². The van der Waals surface area contributed by atoms with E-state index in [1.165, 1.54) is 12.1 Å². The molecule has 7 heteroatoms. The van der Waals surface area contributed by atoms with Crippen LogP contribution in [0.15, 0.2) is 30.3 Å². The van der Waals surface area contributed by atoms with Gasteiger partial charge in [-0.25, -0.2) is 8.78 Å². The van der Waals surface area contributed by atoms with E-state index in [0.717, 1.165) is 12.1 Å². The molecule has 2 aromatic carbocycles. The summed E-state index contributed by atoms with van der Waals surface area (Å²) in [6.45, 7) is 0.153. The van der Waals surface area contributed by atoms with Crippen molar-refractivity contribution in [1.29, 1.82) is 0 Å². The molecule has 3 N–H and O–H groups in total. The maximum Gasteiger partial charge on any atom is 0.248 e. The van der Waals surface area contributed by atoms with Crippen LogP contribution in [-0.4, -0.2) is 5.91 Å². The number of nitrogens with two attached hydrogens (primary N) is 1. The zero-order valence-electron chi connectivity index (χ0n) is 10.6. The molecule has 0 heterocycles. The predicted octanol–water partition coefficient (Wildman–Crippen LogP) is 3.98. The largest absolute Gasteiger partial charge is 0.377 e. The Labute approximate surface area is 129 Å². The fourth-order valence-corrected chi connectivity index (χ4v) is 2.25. The molecule has 0 aliphatic heterocycles. The fraction of sp³-hybridized carbons (Fsp3) is 0.0714. The molecule has 0 unspecified atom stereocenters. The highest BCUT2D eigenvalue weighted by atomic mass is 35.5. The third-order valence-electron chi connectivity index (χ3n) is 2.80. The van der Waals surface area contributed by atoms with Crippen LogP contribution in [0.1, 0.15) is 15.9 Å². The van der Waals surface area contributed by atoms with Crippen LogP contribution in [0.5, 0.6) is 0 Å². The molecule has 0 saturated carbocycles. The maximum atomic E-state index is 13.6. The highest BCUT2D eigenvalue weighted by molar-refractivity contribution is 6.33. The Hall–Kier alpha value is -1.85. The highest BCUT2D eigenvalue weighted by Gasteiger charge is 2.11. The van der Waals surface area contributed by atoms with Crippen molar-refractivity contribution in [3.05, 3.63) is 63.1 Å². The lowest BCUT2D eigenvalue weighted by Crippen LogP contribution is -2.11. The van der Waals surface area contributed by atoms with Gasteiger partial charge in [0.25, 0.3) is 0 Å². The standard InChI is InChI=1S/C14H10Cl2F2N2O/c15-10-3-7(14(19)21)1-2-8(10)6-20-13-11(16)4-9(17)5-12(13)18/h1-5,20H,6H2,(H2,19,21). The minimum Gasteiger partial charge on any atom is -0.377 e. The number of hydrogen-bond acceptors (Lipinski definition) is 2. The van der Waals surface area contributed by atoms with Crippen LogP contribution in [0.3, 0.4) is 0 Å². The van der Waals surface area contributed by atoms with Gasteiger partial charge in [0.05, 0.1) is 10.7 Å². The van der Waals surface area contributed by atoms with Crippen molar-refractivity contribution < 1.29 is 13.6 Å². The summed E-state index contributed by atoms with van der Waals surface area (Å²) < 4.78 is 26.5.